The van der Waals surface area contributed by atoms with E-state index in [1.165, 1.54) is 0 Å². The first-order valence-electron chi connectivity index (χ1n) is 4.45. The Bertz CT molecular complexity index is 338. The number of hydrogen-bond acceptors (Lipinski definition) is 3. The third-order valence-corrected chi connectivity index (χ3v) is 1.69. The average Bonchev–Trinajstić information content (AvgIpc) is 2.27. The number of aliphatic hydroxyl groups is 1. The minimum absolute atomic E-state index is 0.339. The van der Waals surface area contributed by atoms with Crippen molar-refractivity contribution in [2.24, 2.45) is 0 Å². The van der Waals surface area contributed by atoms with E-state index in [1.54, 1.807) is 0 Å². The number of imide groups is 1. The zero-order chi connectivity index (χ0) is 11.1. The van der Waals surface area contributed by atoms with Gasteiger partial charge in [-0.1, -0.05) is 30.3 Å². The Hall–Kier alpha value is -1.88. The number of amides is 3. The van der Waals surface area contributed by atoms with Gasteiger partial charge >= 0.3 is 6.03 Å². The van der Waals surface area contributed by atoms with Crippen LogP contribution in [0.25, 0.3) is 0 Å². The second kappa shape index (κ2) is 5.77. The van der Waals surface area contributed by atoms with Gasteiger partial charge in [0.2, 0.25) is 0 Å². The first-order chi connectivity index (χ1) is 7.22. The predicted octanol–water partition coefficient (Wildman–Crippen LogP) is 0.00470. The first-order valence-corrected chi connectivity index (χ1v) is 4.45. The molecule has 3 amide bonds. The lowest BCUT2D eigenvalue weighted by atomic mass is 10.2. The Morgan fingerprint density at radius 2 is 1.87 bits per heavy atom. The lowest BCUT2D eigenvalue weighted by Crippen LogP contribution is -2.40. The number of carbonyl (C=O) groups is 2. The first kappa shape index (κ1) is 11.2. The van der Waals surface area contributed by atoms with Gasteiger partial charge < -0.3 is 10.4 Å². The maximum absolute atomic E-state index is 11.0. The van der Waals surface area contributed by atoms with E-state index in [-0.39, 0.29) is 0 Å². The number of nitrogens with one attached hydrogen (secondary N) is 2. The van der Waals surface area contributed by atoms with Crippen molar-refractivity contribution in [3.63, 3.8) is 0 Å². The SMILES string of the molecule is O=C(CO)NC(=O)NCc1ccccc1. The maximum Gasteiger partial charge on any atom is 0.321 e. The van der Waals surface area contributed by atoms with Crippen LogP contribution in [0.4, 0.5) is 4.79 Å². The van der Waals surface area contributed by atoms with Crippen molar-refractivity contribution in [3.05, 3.63) is 35.9 Å². The van der Waals surface area contributed by atoms with Gasteiger partial charge in [0.25, 0.3) is 5.91 Å². The van der Waals surface area contributed by atoms with Crippen molar-refractivity contribution in [3.8, 4) is 0 Å². The van der Waals surface area contributed by atoms with Crippen LogP contribution in [-0.2, 0) is 11.3 Å². The zero-order valence-electron chi connectivity index (χ0n) is 8.06. The lowest BCUT2D eigenvalue weighted by Gasteiger charge is -2.05. The Kier molecular flexibility index (Phi) is 4.30. The fourth-order valence-corrected chi connectivity index (χ4v) is 0.989. The van der Waals surface area contributed by atoms with Crippen molar-refractivity contribution in [1.29, 1.82) is 0 Å². The summed E-state index contributed by atoms with van der Waals surface area (Å²) in [7, 11) is 0. The van der Waals surface area contributed by atoms with E-state index in [0.717, 1.165) is 5.56 Å². The second-order valence-corrected chi connectivity index (χ2v) is 2.87. The van der Waals surface area contributed by atoms with Crippen LogP contribution in [0.3, 0.4) is 0 Å². The van der Waals surface area contributed by atoms with Crippen LogP contribution in [0.5, 0.6) is 0 Å². The van der Waals surface area contributed by atoms with Crippen molar-refractivity contribution in [2.75, 3.05) is 6.61 Å². The molecule has 0 bridgehead atoms. The molecule has 3 N–H and O–H groups in total. The molecule has 0 unspecified atom stereocenters. The molecule has 0 aromatic heterocycles. The number of carbonyl (C=O) groups excluding carboxylic acids is 2. The molecule has 1 rings (SSSR count). The third-order valence-electron chi connectivity index (χ3n) is 1.69. The average molecular weight is 208 g/mol. The standard InChI is InChI=1S/C10H12N2O3/c13-7-9(14)12-10(15)11-6-8-4-2-1-3-5-8/h1-5,13H,6-7H2,(H2,11,12,14,15). The molecule has 0 heterocycles. The molecule has 0 atom stereocenters. The molecule has 0 aliphatic carbocycles. The second-order valence-electron chi connectivity index (χ2n) is 2.87. The van der Waals surface area contributed by atoms with Crippen molar-refractivity contribution in [2.45, 2.75) is 6.54 Å². The molecular formula is C10H12N2O3. The summed E-state index contributed by atoms with van der Waals surface area (Å²) in [6.45, 7) is -0.357. The van der Waals surface area contributed by atoms with Gasteiger partial charge in [-0.15, -0.1) is 0 Å². The number of hydrogen-bond donors (Lipinski definition) is 3. The smallest absolute Gasteiger partial charge is 0.321 e. The van der Waals surface area contributed by atoms with Crippen LogP contribution < -0.4 is 10.6 Å². The van der Waals surface area contributed by atoms with E-state index in [0.29, 0.717) is 6.54 Å². The molecule has 1 aromatic rings. The molecule has 0 aliphatic heterocycles. The van der Waals surface area contributed by atoms with E-state index < -0.39 is 18.5 Å². The normalized spacial score (nSPS) is 9.40. The van der Waals surface area contributed by atoms with Crippen molar-refractivity contribution < 1.29 is 14.7 Å². The largest absolute Gasteiger partial charge is 0.387 e. The zero-order valence-corrected chi connectivity index (χ0v) is 8.06. The van der Waals surface area contributed by atoms with Crippen LogP contribution in [0.2, 0.25) is 0 Å². The summed E-state index contributed by atoms with van der Waals surface area (Å²) in [6, 6.07) is 8.68. The van der Waals surface area contributed by atoms with Gasteiger partial charge in [0.1, 0.15) is 6.61 Å². The fraction of sp³-hybridized carbons (Fsp3) is 0.200. The summed E-state index contributed by atoms with van der Waals surface area (Å²) in [5.74, 6) is -0.722. The van der Waals surface area contributed by atoms with Crippen LogP contribution in [-0.4, -0.2) is 23.7 Å². The van der Waals surface area contributed by atoms with E-state index >= 15 is 0 Å². The highest BCUT2D eigenvalue weighted by Crippen LogP contribution is 1.96. The molecule has 0 spiro atoms. The third kappa shape index (κ3) is 4.24. The summed E-state index contributed by atoms with van der Waals surface area (Å²) in [5.41, 5.74) is 0.934. The minimum Gasteiger partial charge on any atom is -0.387 e. The summed E-state index contributed by atoms with van der Waals surface area (Å²) in [4.78, 5) is 21.6. The monoisotopic (exact) mass is 208 g/mol. The summed E-state index contributed by atoms with van der Waals surface area (Å²) in [5, 5.41) is 12.8. The van der Waals surface area contributed by atoms with Gasteiger partial charge in [-0.25, -0.2) is 4.79 Å². The summed E-state index contributed by atoms with van der Waals surface area (Å²) < 4.78 is 0. The van der Waals surface area contributed by atoms with E-state index in [4.69, 9.17) is 5.11 Å². The van der Waals surface area contributed by atoms with Crippen molar-refractivity contribution >= 4 is 11.9 Å². The number of rotatable bonds is 3. The van der Waals surface area contributed by atoms with E-state index in [2.05, 4.69) is 5.32 Å². The molecule has 5 nitrogen and oxygen atoms in total. The van der Waals surface area contributed by atoms with E-state index in [9.17, 15) is 9.59 Å². The summed E-state index contributed by atoms with van der Waals surface area (Å²) >= 11 is 0. The number of aliphatic hydroxyl groups excluding tert-OH is 1. The highest BCUT2D eigenvalue weighted by atomic mass is 16.3. The van der Waals surface area contributed by atoms with Gasteiger partial charge in [-0.05, 0) is 5.56 Å². The molecule has 0 saturated heterocycles. The Morgan fingerprint density at radius 3 is 2.47 bits per heavy atom. The van der Waals surface area contributed by atoms with Gasteiger partial charge in [-0.2, -0.15) is 0 Å². The lowest BCUT2D eigenvalue weighted by molar-refractivity contribution is -0.122. The van der Waals surface area contributed by atoms with Crippen LogP contribution in [0.15, 0.2) is 30.3 Å². The molecule has 0 aliphatic rings. The number of benzene rings is 1. The number of urea groups is 1. The maximum atomic E-state index is 11.0. The molecule has 0 saturated carbocycles. The highest BCUT2D eigenvalue weighted by molar-refractivity contribution is 5.94. The van der Waals surface area contributed by atoms with Gasteiger partial charge in [0.05, 0.1) is 0 Å². The molecule has 80 valence electrons. The van der Waals surface area contributed by atoms with Crippen LogP contribution in [0, 0.1) is 0 Å². The highest BCUT2D eigenvalue weighted by Gasteiger charge is 2.04. The Balaban J connectivity index is 2.32. The summed E-state index contributed by atoms with van der Waals surface area (Å²) in [6.07, 6.45) is 0. The molecule has 5 heteroatoms. The van der Waals surface area contributed by atoms with Gasteiger partial charge in [0.15, 0.2) is 0 Å². The van der Waals surface area contributed by atoms with E-state index in [1.807, 2.05) is 35.6 Å². The molecule has 0 fully saturated rings. The van der Waals surface area contributed by atoms with Crippen molar-refractivity contribution in [1.82, 2.24) is 10.6 Å². The molecular weight excluding hydrogens is 196 g/mol. The molecule has 0 radical (unpaired) electrons. The van der Waals surface area contributed by atoms with Gasteiger partial charge in [0, 0.05) is 6.54 Å². The predicted molar refractivity (Wildman–Crippen MR) is 53.9 cm³/mol. The van der Waals surface area contributed by atoms with Crippen LogP contribution >= 0.6 is 0 Å². The molecule has 1 aromatic carbocycles. The van der Waals surface area contributed by atoms with Gasteiger partial charge in [-0.3, -0.25) is 10.1 Å². The fourth-order valence-electron chi connectivity index (χ4n) is 0.989. The topological polar surface area (TPSA) is 78.4 Å². The Labute approximate surface area is 87.1 Å². The van der Waals surface area contributed by atoms with Crippen LogP contribution in [0.1, 0.15) is 5.56 Å². The molecule has 15 heavy (non-hydrogen) atoms. The Morgan fingerprint density at radius 1 is 1.20 bits per heavy atom. The minimum atomic E-state index is -0.722. The quantitative estimate of drug-likeness (QED) is 0.654.